The number of β-lactam (4-membered cyclic amide) rings is 1. The summed E-state index contributed by atoms with van der Waals surface area (Å²) in [7, 11) is 0. The van der Waals surface area contributed by atoms with Gasteiger partial charge >= 0.3 is 5.97 Å². The number of carbonyl (C=O) groups excluding carboxylic acids is 1. The third kappa shape index (κ3) is 3.57. The molecule has 0 aromatic heterocycles. The zero-order valence-corrected chi connectivity index (χ0v) is 17.8. The molecule has 1 amide bonds. The van der Waals surface area contributed by atoms with Crippen LogP contribution in [0.3, 0.4) is 0 Å². The number of nitrogens with zero attached hydrogens (tertiary/aromatic N) is 3. The molecule has 4 aliphatic heterocycles. The topological polar surface area (TPSA) is 108 Å². The lowest BCUT2D eigenvalue weighted by molar-refractivity contribution is -0.163. The number of carboxylic acids is 1. The zero-order valence-electron chi connectivity index (χ0n) is 17.0. The summed E-state index contributed by atoms with van der Waals surface area (Å²) in [4.78, 5) is 31.1. The van der Waals surface area contributed by atoms with Crippen molar-refractivity contribution < 1.29 is 19.8 Å². The van der Waals surface area contributed by atoms with Gasteiger partial charge in [0.25, 0.3) is 0 Å². The SMILES string of the molecule is C[C@@H](O)[C@H]1C(=O)N2C(C(=O)O)=C(S[C@@H]3CCN(C[C@@H]4CCN(C=N)C4)C3)[C@H](C)[C@H]12. The zero-order chi connectivity index (χ0) is 20.9. The molecule has 0 radical (unpaired) electrons. The van der Waals surface area contributed by atoms with E-state index in [0.717, 1.165) is 50.5 Å². The number of aliphatic hydroxyl groups is 1. The van der Waals surface area contributed by atoms with E-state index in [1.54, 1.807) is 18.7 Å². The van der Waals surface area contributed by atoms with Crippen LogP contribution in [0.1, 0.15) is 26.7 Å². The molecule has 29 heavy (non-hydrogen) atoms. The van der Waals surface area contributed by atoms with Crippen molar-refractivity contribution in [2.24, 2.45) is 17.8 Å². The molecule has 4 heterocycles. The van der Waals surface area contributed by atoms with E-state index >= 15 is 0 Å². The van der Waals surface area contributed by atoms with E-state index in [1.165, 1.54) is 11.2 Å². The van der Waals surface area contributed by atoms with Crippen LogP contribution in [-0.2, 0) is 9.59 Å². The lowest BCUT2D eigenvalue weighted by Crippen LogP contribution is -2.63. The molecule has 0 aliphatic carbocycles. The largest absolute Gasteiger partial charge is 0.477 e. The maximum Gasteiger partial charge on any atom is 0.353 e. The first-order valence-corrected chi connectivity index (χ1v) is 11.3. The number of hydrogen-bond donors (Lipinski definition) is 3. The molecule has 3 saturated heterocycles. The third-order valence-corrected chi connectivity index (χ3v) is 8.39. The van der Waals surface area contributed by atoms with Crippen LogP contribution >= 0.6 is 11.8 Å². The van der Waals surface area contributed by atoms with Gasteiger partial charge in [-0.3, -0.25) is 10.2 Å². The number of carbonyl (C=O) groups is 2. The molecule has 6 atom stereocenters. The highest BCUT2D eigenvalue weighted by atomic mass is 32.2. The number of thioether (sulfide) groups is 1. The number of rotatable bonds is 7. The van der Waals surface area contributed by atoms with Crippen LogP contribution < -0.4 is 0 Å². The lowest BCUT2D eigenvalue weighted by Gasteiger charge is -2.46. The van der Waals surface area contributed by atoms with E-state index in [0.29, 0.717) is 11.2 Å². The Hall–Kier alpha value is -1.58. The quantitative estimate of drug-likeness (QED) is 0.317. The molecule has 0 bridgehead atoms. The molecule has 0 saturated carbocycles. The van der Waals surface area contributed by atoms with Gasteiger partial charge in [0.15, 0.2) is 0 Å². The van der Waals surface area contributed by atoms with Crippen molar-refractivity contribution in [2.45, 2.75) is 44.1 Å². The number of nitrogens with one attached hydrogen (secondary N) is 1. The molecule has 0 aromatic carbocycles. The Morgan fingerprint density at radius 3 is 2.72 bits per heavy atom. The first-order valence-electron chi connectivity index (χ1n) is 10.4. The fourth-order valence-electron chi connectivity index (χ4n) is 5.41. The van der Waals surface area contributed by atoms with Crippen LogP contribution in [0.5, 0.6) is 0 Å². The highest BCUT2D eigenvalue weighted by molar-refractivity contribution is 8.03. The standard InChI is InChI=1S/C20H30N4O4S/c1-11-16-15(12(2)25)19(26)24(16)17(20(27)28)18(11)29-14-4-6-22(9-14)7-13-3-5-23(8-13)10-21/h10-16,21,25H,3-9H2,1-2H3,(H,27,28)/t11-,12-,13+,14-,15-,16-/m1/s1. The summed E-state index contributed by atoms with van der Waals surface area (Å²) < 4.78 is 0. The Morgan fingerprint density at radius 2 is 2.10 bits per heavy atom. The second-order valence-corrected chi connectivity index (χ2v) is 10.2. The van der Waals surface area contributed by atoms with Crippen LogP contribution in [0.25, 0.3) is 0 Å². The van der Waals surface area contributed by atoms with Gasteiger partial charge in [-0.25, -0.2) is 4.79 Å². The predicted molar refractivity (Wildman–Crippen MR) is 111 cm³/mol. The van der Waals surface area contributed by atoms with Crippen LogP contribution in [0.2, 0.25) is 0 Å². The number of carboxylic acid groups (broad SMARTS) is 1. The Balaban J connectivity index is 1.41. The fourth-order valence-corrected chi connectivity index (χ4v) is 6.93. The van der Waals surface area contributed by atoms with Crippen molar-refractivity contribution in [3.05, 3.63) is 10.6 Å². The molecule has 3 fully saturated rings. The number of likely N-dealkylation sites (tertiary alicyclic amines) is 2. The maximum absolute atomic E-state index is 12.5. The first kappa shape index (κ1) is 20.7. The van der Waals surface area contributed by atoms with Gasteiger partial charge in [0, 0.05) is 42.3 Å². The van der Waals surface area contributed by atoms with Crippen molar-refractivity contribution in [2.75, 3.05) is 32.7 Å². The number of aliphatic carboxylic acids is 1. The van der Waals surface area contributed by atoms with Gasteiger partial charge in [-0.2, -0.15) is 0 Å². The van der Waals surface area contributed by atoms with E-state index in [4.69, 9.17) is 5.41 Å². The number of hydrogen-bond acceptors (Lipinski definition) is 6. The summed E-state index contributed by atoms with van der Waals surface area (Å²) in [5, 5.41) is 27.4. The normalized spacial score (nSPS) is 35.8. The average Bonchev–Trinajstić information content (AvgIpc) is 3.35. The van der Waals surface area contributed by atoms with E-state index in [9.17, 15) is 19.8 Å². The minimum atomic E-state index is -1.05. The summed E-state index contributed by atoms with van der Waals surface area (Å²) in [6, 6.07) is -0.237. The van der Waals surface area contributed by atoms with Gasteiger partial charge in [0.2, 0.25) is 5.91 Å². The third-order valence-electron chi connectivity index (χ3n) is 6.85. The summed E-state index contributed by atoms with van der Waals surface area (Å²) in [6.45, 7) is 8.45. The highest BCUT2D eigenvalue weighted by Gasteiger charge is 2.60. The maximum atomic E-state index is 12.5. The van der Waals surface area contributed by atoms with E-state index < -0.39 is 18.0 Å². The Labute approximate surface area is 175 Å². The van der Waals surface area contributed by atoms with Crippen molar-refractivity contribution >= 4 is 30.0 Å². The molecule has 4 rings (SSSR count). The molecule has 0 aromatic rings. The van der Waals surface area contributed by atoms with Crippen LogP contribution in [0.4, 0.5) is 0 Å². The summed E-state index contributed by atoms with van der Waals surface area (Å²) in [5.41, 5.74) is 0.130. The van der Waals surface area contributed by atoms with Gasteiger partial charge in [-0.15, -0.1) is 11.8 Å². The van der Waals surface area contributed by atoms with Crippen LogP contribution in [0, 0.1) is 23.2 Å². The second-order valence-electron chi connectivity index (χ2n) is 8.84. The lowest BCUT2D eigenvalue weighted by atomic mass is 9.79. The van der Waals surface area contributed by atoms with Crippen LogP contribution in [-0.4, -0.2) is 93.2 Å². The average molecular weight is 423 g/mol. The van der Waals surface area contributed by atoms with Crippen molar-refractivity contribution in [3.63, 3.8) is 0 Å². The fraction of sp³-hybridized carbons (Fsp3) is 0.750. The smallest absolute Gasteiger partial charge is 0.353 e. The number of aliphatic hydroxyl groups excluding tert-OH is 1. The minimum absolute atomic E-state index is 0.0616. The molecule has 9 heteroatoms. The van der Waals surface area contributed by atoms with Gasteiger partial charge in [-0.05, 0) is 32.2 Å². The highest BCUT2D eigenvalue weighted by Crippen LogP contribution is 2.51. The number of amides is 1. The van der Waals surface area contributed by atoms with E-state index in [1.807, 2.05) is 6.92 Å². The van der Waals surface area contributed by atoms with Gasteiger partial charge in [-0.1, -0.05) is 6.92 Å². The summed E-state index contributed by atoms with van der Waals surface area (Å²) in [5.74, 6) is -1.29. The molecule has 0 unspecified atom stereocenters. The van der Waals surface area contributed by atoms with Gasteiger partial charge in [0.1, 0.15) is 5.70 Å². The first-order chi connectivity index (χ1) is 13.8. The van der Waals surface area contributed by atoms with Gasteiger partial charge < -0.3 is 24.9 Å². The summed E-state index contributed by atoms with van der Waals surface area (Å²) >= 11 is 1.62. The number of fused-ring (bicyclic) bond motifs is 1. The van der Waals surface area contributed by atoms with Crippen molar-refractivity contribution in [3.8, 4) is 0 Å². The summed E-state index contributed by atoms with van der Waals surface area (Å²) in [6.07, 6.45) is 2.79. The predicted octanol–water partition coefficient (Wildman–Crippen LogP) is 0.877. The molecule has 8 nitrogen and oxygen atoms in total. The Kier molecular flexibility index (Phi) is 5.65. The Bertz CT molecular complexity index is 742. The monoisotopic (exact) mass is 422 g/mol. The van der Waals surface area contributed by atoms with E-state index in [2.05, 4.69) is 9.80 Å². The second kappa shape index (κ2) is 7.92. The van der Waals surface area contributed by atoms with Crippen molar-refractivity contribution in [1.29, 1.82) is 5.41 Å². The van der Waals surface area contributed by atoms with Gasteiger partial charge in [0.05, 0.1) is 24.4 Å². The molecule has 4 aliphatic rings. The molecule has 3 N–H and O–H groups in total. The molecule has 160 valence electrons. The molecular formula is C20H30N4O4S. The molecular weight excluding hydrogens is 392 g/mol. The van der Waals surface area contributed by atoms with Crippen LogP contribution in [0.15, 0.2) is 10.6 Å². The molecule has 0 spiro atoms. The minimum Gasteiger partial charge on any atom is -0.477 e. The Morgan fingerprint density at radius 1 is 1.34 bits per heavy atom. The van der Waals surface area contributed by atoms with Crippen molar-refractivity contribution in [1.82, 2.24) is 14.7 Å². The van der Waals surface area contributed by atoms with E-state index in [-0.39, 0.29) is 23.6 Å².